The standard InChI is InChI=1S/C11H20N2O4S/c1-17-10-2-4-13(7-10)11(14)6-9-8-18(15,16)5-3-12-9/h9-10,12H,2-8H2,1H3. The number of methoxy groups -OCH3 is 1. The molecule has 2 atom stereocenters. The minimum absolute atomic E-state index is 0.0177. The van der Waals surface area contributed by atoms with Crippen molar-refractivity contribution in [2.75, 3.05) is 38.2 Å². The predicted octanol–water partition coefficient (Wildman–Crippen LogP) is -0.990. The van der Waals surface area contributed by atoms with E-state index in [1.54, 1.807) is 12.0 Å². The van der Waals surface area contributed by atoms with Crippen molar-refractivity contribution in [3.8, 4) is 0 Å². The fourth-order valence-electron chi connectivity index (χ4n) is 2.49. The number of hydrogen-bond donors (Lipinski definition) is 1. The van der Waals surface area contributed by atoms with Gasteiger partial charge in [0.2, 0.25) is 5.91 Å². The first-order valence-electron chi connectivity index (χ1n) is 6.24. The summed E-state index contributed by atoms with van der Waals surface area (Å²) in [6.45, 7) is 1.77. The number of ether oxygens (including phenoxy) is 1. The Labute approximate surface area is 108 Å². The molecule has 1 N–H and O–H groups in total. The minimum Gasteiger partial charge on any atom is -0.380 e. The lowest BCUT2D eigenvalue weighted by molar-refractivity contribution is -0.131. The molecule has 7 heteroatoms. The molecule has 0 aliphatic carbocycles. The van der Waals surface area contributed by atoms with Crippen LogP contribution in [0.25, 0.3) is 0 Å². The molecule has 6 nitrogen and oxygen atoms in total. The van der Waals surface area contributed by atoms with Gasteiger partial charge in [0, 0.05) is 39.2 Å². The van der Waals surface area contributed by atoms with E-state index < -0.39 is 9.84 Å². The van der Waals surface area contributed by atoms with E-state index in [-0.39, 0.29) is 36.0 Å². The molecule has 1 amide bonds. The van der Waals surface area contributed by atoms with Crippen LogP contribution < -0.4 is 5.32 Å². The second-order valence-corrected chi connectivity index (χ2v) is 7.18. The maximum Gasteiger partial charge on any atom is 0.224 e. The van der Waals surface area contributed by atoms with Crippen LogP contribution in [-0.4, -0.2) is 69.6 Å². The fraction of sp³-hybridized carbons (Fsp3) is 0.909. The molecule has 0 radical (unpaired) electrons. The Bertz CT molecular complexity index is 409. The summed E-state index contributed by atoms with van der Waals surface area (Å²) in [4.78, 5) is 13.8. The fourth-order valence-corrected chi connectivity index (χ4v) is 3.93. The number of nitrogens with zero attached hydrogens (tertiary/aromatic N) is 1. The van der Waals surface area contributed by atoms with Crippen LogP contribution in [0.15, 0.2) is 0 Å². The molecular weight excluding hydrogens is 256 g/mol. The second kappa shape index (κ2) is 5.54. The second-order valence-electron chi connectivity index (χ2n) is 4.96. The van der Waals surface area contributed by atoms with Crippen LogP contribution in [-0.2, 0) is 19.4 Å². The number of rotatable bonds is 3. The van der Waals surface area contributed by atoms with E-state index in [0.717, 1.165) is 6.42 Å². The summed E-state index contributed by atoms with van der Waals surface area (Å²) < 4.78 is 28.2. The largest absolute Gasteiger partial charge is 0.380 e. The first-order valence-corrected chi connectivity index (χ1v) is 8.06. The number of amides is 1. The van der Waals surface area contributed by atoms with E-state index in [2.05, 4.69) is 5.32 Å². The van der Waals surface area contributed by atoms with Crippen LogP contribution >= 0.6 is 0 Å². The van der Waals surface area contributed by atoms with Gasteiger partial charge in [-0.25, -0.2) is 8.42 Å². The van der Waals surface area contributed by atoms with Crippen molar-refractivity contribution in [1.29, 1.82) is 0 Å². The normalized spacial score (nSPS) is 31.5. The number of carbonyl (C=O) groups is 1. The Morgan fingerprint density at radius 2 is 2.28 bits per heavy atom. The summed E-state index contributed by atoms with van der Waals surface area (Å²) in [7, 11) is -1.33. The maximum atomic E-state index is 12.0. The Hall–Kier alpha value is -0.660. The first-order chi connectivity index (χ1) is 8.50. The summed E-state index contributed by atoms with van der Waals surface area (Å²) >= 11 is 0. The lowest BCUT2D eigenvalue weighted by Crippen LogP contribution is -2.47. The van der Waals surface area contributed by atoms with E-state index in [1.807, 2.05) is 0 Å². The summed E-state index contributed by atoms with van der Waals surface area (Å²) in [6, 6.07) is -0.238. The first kappa shape index (κ1) is 13.8. The number of nitrogens with one attached hydrogen (secondary N) is 1. The van der Waals surface area contributed by atoms with Gasteiger partial charge in [0.1, 0.15) is 0 Å². The van der Waals surface area contributed by atoms with Crippen LogP contribution in [0.2, 0.25) is 0 Å². The summed E-state index contributed by atoms with van der Waals surface area (Å²) in [6.07, 6.45) is 1.24. The molecule has 0 saturated carbocycles. The Kier molecular flexibility index (Phi) is 4.24. The van der Waals surface area contributed by atoms with Crippen molar-refractivity contribution in [2.24, 2.45) is 0 Å². The highest BCUT2D eigenvalue weighted by Crippen LogP contribution is 2.14. The van der Waals surface area contributed by atoms with Crippen LogP contribution in [0.1, 0.15) is 12.8 Å². The van der Waals surface area contributed by atoms with Gasteiger partial charge in [0.15, 0.2) is 9.84 Å². The average molecular weight is 276 g/mol. The van der Waals surface area contributed by atoms with Crippen molar-refractivity contribution < 1.29 is 17.9 Å². The average Bonchev–Trinajstić information content (AvgIpc) is 2.76. The molecule has 0 aromatic heterocycles. The van der Waals surface area contributed by atoms with Gasteiger partial charge >= 0.3 is 0 Å². The lowest BCUT2D eigenvalue weighted by Gasteiger charge is -2.25. The number of hydrogen-bond acceptors (Lipinski definition) is 5. The number of likely N-dealkylation sites (tertiary alicyclic amines) is 1. The molecule has 2 rings (SSSR count). The van der Waals surface area contributed by atoms with Crippen LogP contribution in [0.3, 0.4) is 0 Å². The van der Waals surface area contributed by atoms with Crippen molar-refractivity contribution in [1.82, 2.24) is 10.2 Å². The molecule has 18 heavy (non-hydrogen) atoms. The molecule has 0 spiro atoms. The molecule has 0 aromatic rings. The van der Waals surface area contributed by atoms with Crippen LogP contribution in [0.4, 0.5) is 0 Å². The Morgan fingerprint density at radius 3 is 2.89 bits per heavy atom. The van der Waals surface area contributed by atoms with Crippen LogP contribution in [0.5, 0.6) is 0 Å². The van der Waals surface area contributed by atoms with Gasteiger partial charge in [-0.05, 0) is 6.42 Å². The Morgan fingerprint density at radius 1 is 1.50 bits per heavy atom. The van der Waals surface area contributed by atoms with E-state index in [9.17, 15) is 13.2 Å². The predicted molar refractivity (Wildman–Crippen MR) is 67.1 cm³/mol. The smallest absolute Gasteiger partial charge is 0.224 e. The summed E-state index contributed by atoms with van der Waals surface area (Å²) in [5.41, 5.74) is 0. The number of sulfone groups is 1. The van der Waals surface area contributed by atoms with Gasteiger partial charge in [0.05, 0.1) is 17.6 Å². The molecule has 2 aliphatic heterocycles. The van der Waals surface area contributed by atoms with Gasteiger partial charge in [-0.1, -0.05) is 0 Å². The molecule has 2 heterocycles. The van der Waals surface area contributed by atoms with Crippen LogP contribution in [0, 0.1) is 0 Å². The molecule has 104 valence electrons. The third kappa shape index (κ3) is 3.43. The highest BCUT2D eigenvalue weighted by molar-refractivity contribution is 7.91. The topological polar surface area (TPSA) is 75.7 Å². The van der Waals surface area contributed by atoms with E-state index in [4.69, 9.17) is 4.74 Å². The van der Waals surface area contributed by atoms with Crippen molar-refractivity contribution >= 4 is 15.7 Å². The number of carbonyl (C=O) groups excluding carboxylic acids is 1. The highest BCUT2D eigenvalue weighted by atomic mass is 32.2. The monoisotopic (exact) mass is 276 g/mol. The summed E-state index contributed by atoms with van der Waals surface area (Å²) in [5.74, 6) is 0.261. The van der Waals surface area contributed by atoms with Gasteiger partial charge in [-0.2, -0.15) is 0 Å². The zero-order valence-corrected chi connectivity index (χ0v) is 11.4. The van der Waals surface area contributed by atoms with Gasteiger partial charge in [-0.15, -0.1) is 0 Å². The van der Waals surface area contributed by atoms with Gasteiger partial charge in [-0.3, -0.25) is 4.79 Å². The van der Waals surface area contributed by atoms with Gasteiger partial charge < -0.3 is 15.0 Å². The molecule has 2 aliphatic rings. The van der Waals surface area contributed by atoms with Crippen molar-refractivity contribution in [2.45, 2.75) is 25.0 Å². The third-order valence-corrected chi connectivity index (χ3v) is 5.29. The third-order valence-electron chi connectivity index (χ3n) is 3.55. The summed E-state index contributed by atoms with van der Waals surface area (Å²) in [5, 5.41) is 3.10. The Balaban J connectivity index is 1.84. The van der Waals surface area contributed by atoms with Crippen molar-refractivity contribution in [3.05, 3.63) is 0 Å². The lowest BCUT2D eigenvalue weighted by atomic mass is 10.2. The molecule has 0 bridgehead atoms. The quantitative estimate of drug-likeness (QED) is 0.716. The van der Waals surface area contributed by atoms with E-state index in [1.165, 1.54) is 0 Å². The zero-order valence-electron chi connectivity index (χ0n) is 10.6. The van der Waals surface area contributed by atoms with E-state index >= 15 is 0 Å². The zero-order chi connectivity index (χ0) is 13.2. The molecule has 2 unspecified atom stereocenters. The van der Waals surface area contributed by atoms with Crippen molar-refractivity contribution in [3.63, 3.8) is 0 Å². The molecule has 0 aromatic carbocycles. The highest BCUT2D eigenvalue weighted by Gasteiger charge is 2.30. The van der Waals surface area contributed by atoms with Gasteiger partial charge in [0.25, 0.3) is 0 Å². The molecular formula is C11H20N2O4S. The molecule has 2 saturated heterocycles. The molecule has 2 fully saturated rings. The SMILES string of the molecule is COC1CCN(C(=O)CC2CS(=O)(=O)CCN2)C1. The maximum absolute atomic E-state index is 12.0. The minimum atomic E-state index is -2.97. The van der Waals surface area contributed by atoms with E-state index in [0.29, 0.717) is 19.6 Å².